The van der Waals surface area contributed by atoms with Crippen molar-refractivity contribution in [3.63, 3.8) is 0 Å². The van der Waals surface area contributed by atoms with Gasteiger partial charge in [-0.3, -0.25) is 33.9 Å². The highest BCUT2D eigenvalue weighted by atomic mass is 16.5. The molecule has 1 aliphatic heterocycles. The van der Waals surface area contributed by atoms with E-state index in [2.05, 4.69) is 4.90 Å². The normalized spacial score (nSPS) is 20.1. The van der Waals surface area contributed by atoms with Gasteiger partial charge in [0, 0.05) is 58.3 Å². The molecule has 37 heavy (non-hydrogen) atoms. The number of carboxylic acid groups (broad SMARTS) is 3. The summed E-state index contributed by atoms with van der Waals surface area (Å²) in [6.07, 6.45) is 1.76. The van der Waals surface area contributed by atoms with E-state index in [9.17, 15) is 34.5 Å². The summed E-state index contributed by atoms with van der Waals surface area (Å²) in [5, 5.41) is 28.5. The first-order valence-electron chi connectivity index (χ1n) is 13.0. The van der Waals surface area contributed by atoms with Crippen molar-refractivity contribution in [3.05, 3.63) is 0 Å². The van der Waals surface area contributed by atoms with Crippen LogP contribution >= 0.6 is 0 Å². The van der Waals surface area contributed by atoms with Crippen LogP contribution in [0.25, 0.3) is 0 Å². The second-order valence-corrected chi connectivity index (χ2v) is 10.6. The summed E-state index contributed by atoms with van der Waals surface area (Å²) in [5.41, 5.74) is -0.332. The molecular weight excluding hydrogens is 484 g/mol. The molecule has 0 aromatic rings. The Hall–Kier alpha value is -2.28. The smallest absolute Gasteiger partial charge is 0.317 e. The van der Waals surface area contributed by atoms with E-state index < -0.39 is 17.9 Å². The van der Waals surface area contributed by atoms with E-state index in [0.717, 1.165) is 6.42 Å². The first-order chi connectivity index (χ1) is 17.3. The fourth-order valence-electron chi connectivity index (χ4n) is 4.60. The summed E-state index contributed by atoms with van der Waals surface area (Å²) >= 11 is 0. The van der Waals surface area contributed by atoms with Crippen LogP contribution in [-0.2, 0) is 23.9 Å². The number of unbranched alkanes of at least 4 members (excludes halogenated alkanes) is 1. The summed E-state index contributed by atoms with van der Waals surface area (Å²) in [7, 11) is 0. The van der Waals surface area contributed by atoms with Gasteiger partial charge in [0.25, 0.3) is 0 Å². The number of hydrogen-bond acceptors (Lipinski definition) is 9. The van der Waals surface area contributed by atoms with E-state index in [4.69, 9.17) is 4.74 Å². The topological polar surface area (TPSA) is 151 Å². The zero-order valence-electron chi connectivity index (χ0n) is 22.9. The SMILES string of the molecule is CCOC(=O)CCCCN1CCN(CC(=O)O)CCN(CC(=O)O)CC(C(C)(C)C)N(CC(=O)O)CC1. The quantitative estimate of drug-likeness (QED) is 0.239. The van der Waals surface area contributed by atoms with Crippen molar-refractivity contribution in [3.8, 4) is 0 Å². The number of rotatable bonds is 12. The molecule has 0 amide bonds. The number of hydrogen-bond donors (Lipinski definition) is 3. The molecule has 1 saturated heterocycles. The minimum absolute atomic E-state index is 0.147. The van der Waals surface area contributed by atoms with Crippen LogP contribution in [0.3, 0.4) is 0 Å². The molecule has 0 radical (unpaired) electrons. The van der Waals surface area contributed by atoms with Crippen LogP contribution < -0.4 is 0 Å². The molecule has 1 aliphatic rings. The molecule has 1 rings (SSSR count). The van der Waals surface area contributed by atoms with E-state index in [1.807, 2.05) is 30.6 Å². The van der Waals surface area contributed by atoms with Crippen molar-refractivity contribution in [2.45, 2.75) is 53.0 Å². The van der Waals surface area contributed by atoms with Gasteiger partial charge in [-0.05, 0) is 31.7 Å². The fraction of sp³-hybridized carbons (Fsp3) is 0.840. The summed E-state index contributed by atoms with van der Waals surface area (Å²) in [5.74, 6) is -3.10. The minimum Gasteiger partial charge on any atom is -0.480 e. The van der Waals surface area contributed by atoms with Crippen LogP contribution in [-0.4, -0.2) is 143 Å². The van der Waals surface area contributed by atoms with Gasteiger partial charge in [0.05, 0.1) is 26.2 Å². The predicted molar refractivity (Wildman–Crippen MR) is 138 cm³/mol. The summed E-state index contributed by atoms with van der Waals surface area (Å²) < 4.78 is 4.99. The third kappa shape index (κ3) is 14.3. The average Bonchev–Trinajstić information content (AvgIpc) is 2.76. The lowest BCUT2D eigenvalue weighted by atomic mass is 9.85. The highest BCUT2D eigenvalue weighted by molar-refractivity contribution is 5.70. The van der Waals surface area contributed by atoms with E-state index in [-0.39, 0.29) is 37.1 Å². The van der Waals surface area contributed by atoms with E-state index in [1.54, 1.807) is 11.8 Å². The molecule has 12 heteroatoms. The maximum Gasteiger partial charge on any atom is 0.317 e. The highest BCUT2D eigenvalue weighted by Crippen LogP contribution is 2.26. The third-order valence-electron chi connectivity index (χ3n) is 6.51. The maximum absolute atomic E-state index is 11.8. The number of nitrogens with zero attached hydrogens (tertiary/aromatic N) is 4. The van der Waals surface area contributed by atoms with Gasteiger partial charge in [0.15, 0.2) is 0 Å². The van der Waals surface area contributed by atoms with Crippen molar-refractivity contribution >= 4 is 23.9 Å². The molecular formula is C25H46N4O8. The van der Waals surface area contributed by atoms with Crippen molar-refractivity contribution in [2.75, 3.05) is 78.6 Å². The lowest BCUT2D eigenvalue weighted by Gasteiger charge is -2.43. The standard InChI is InChI=1S/C25H46N4O8/c1-5-37-24(36)8-6-7-9-26-10-11-27(17-21(30)31)12-13-28(18-22(32)33)16-20(25(2,3)4)29(15-14-26)19-23(34)35/h20H,5-19H2,1-4H3,(H,30,31)(H,32,33)(H,34,35). The molecule has 1 unspecified atom stereocenters. The average molecular weight is 531 g/mol. The number of esters is 1. The summed E-state index contributed by atoms with van der Waals surface area (Å²) in [4.78, 5) is 54.2. The molecule has 12 nitrogen and oxygen atoms in total. The molecule has 0 spiro atoms. The lowest BCUT2D eigenvalue weighted by Crippen LogP contribution is -2.56. The van der Waals surface area contributed by atoms with Crippen molar-refractivity contribution in [2.24, 2.45) is 5.41 Å². The van der Waals surface area contributed by atoms with Crippen molar-refractivity contribution in [1.29, 1.82) is 0 Å². The molecule has 0 aromatic carbocycles. The van der Waals surface area contributed by atoms with E-state index >= 15 is 0 Å². The van der Waals surface area contributed by atoms with Gasteiger partial charge >= 0.3 is 23.9 Å². The molecule has 214 valence electrons. The molecule has 3 N–H and O–H groups in total. The molecule has 0 aliphatic carbocycles. The molecule has 1 fully saturated rings. The van der Waals surface area contributed by atoms with Crippen LogP contribution in [0.4, 0.5) is 0 Å². The number of carboxylic acids is 3. The maximum atomic E-state index is 11.8. The number of carbonyl (C=O) groups excluding carboxylic acids is 1. The fourth-order valence-corrected chi connectivity index (χ4v) is 4.60. The lowest BCUT2D eigenvalue weighted by molar-refractivity contribution is -0.143. The number of carbonyl (C=O) groups is 4. The molecule has 0 saturated carbocycles. The Labute approximate surface area is 220 Å². The zero-order valence-corrected chi connectivity index (χ0v) is 22.9. The van der Waals surface area contributed by atoms with Crippen LogP contribution in [0.15, 0.2) is 0 Å². The number of aliphatic carboxylic acids is 3. The third-order valence-corrected chi connectivity index (χ3v) is 6.51. The molecule has 0 aromatic heterocycles. The molecule has 1 atom stereocenters. The Balaban J connectivity index is 3.13. The second-order valence-electron chi connectivity index (χ2n) is 10.6. The first-order valence-corrected chi connectivity index (χ1v) is 13.0. The van der Waals surface area contributed by atoms with E-state index in [1.165, 1.54) is 0 Å². The Morgan fingerprint density at radius 2 is 1.27 bits per heavy atom. The predicted octanol–water partition coefficient (Wildman–Crippen LogP) is 0.610. The monoisotopic (exact) mass is 530 g/mol. The van der Waals surface area contributed by atoms with Gasteiger partial charge in [-0.15, -0.1) is 0 Å². The van der Waals surface area contributed by atoms with Crippen LogP contribution in [0.1, 0.15) is 47.0 Å². The van der Waals surface area contributed by atoms with Crippen LogP contribution in [0.2, 0.25) is 0 Å². The highest BCUT2D eigenvalue weighted by Gasteiger charge is 2.34. The van der Waals surface area contributed by atoms with Gasteiger partial charge in [-0.1, -0.05) is 20.8 Å². The largest absolute Gasteiger partial charge is 0.480 e. The van der Waals surface area contributed by atoms with Gasteiger partial charge in [-0.2, -0.15) is 0 Å². The summed E-state index contributed by atoms with van der Waals surface area (Å²) in [6, 6.07) is -0.235. The minimum atomic E-state index is -0.983. The first kappa shape index (κ1) is 32.7. The molecule has 1 heterocycles. The zero-order chi connectivity index (χ0) is 28.0. The number of ether oxygens (including phenoxy) is 1. The van der Waals surface area contributed by atoms with Crippen molar-refractivity contribution in [1.82, 2.24) is 19.6 Å². The van der Waals surface area contributed by atoms with Gasteiger partial charge in [0.1, 0.15) is 0 Å². The second kappa shape index (κ2) is 16.5. The molecule has 0 bridgehead atoms. The van der Waals surface area contributed by atoms with Gasteiger partial charge < -0.3 is 25.0 Å². The van der Waals surface area contributed by atoms with Crippen molar-refractivity contribution < 1.29 is 39.2 Å². The Bertz CT molecular complexity index is 743. The Morgan fingerprint density at radius 1 is 0.757 bits per heavy atom. The van der Waals surface area contributed by atoms with Crippen LogP contribution in [0.5, 0.6) is 0 Å². The Kier molecular flexibility index (Phi) is 14.6. The summed E-state index contributed by atoms with van der Waals surface area (Å²) in [6.45, 7) is 11.5. The van der Waals surface area contributed by atoms with E-state index in [0.29, 0.717) is 71.8 Å². The van der Waals surface area contributed by atoms with Gasteiger partial charge in [-0.25, -0.2) is 0 Å². The van der Waals surface area contributed by atoms with Crippen LogP contribution in [0, 0.1) is 5.41 Å². The Morgan fingerprint density at radius 3 is 1.81 bits per heavy atom. The van der Waals surface area contributed by atoms with Gasteiger partial charge in [0.2, 0.25) is 0 Å².